The van der Waals surface area contributed by atoms with Crippen molar-refractivity contribution in [3.8, 4) is 6.07 Å². The molecule has 0 aromatic carbocycles. The third kappa shape index (κ3) is 3.94. The van der Waals surface area contributed by atoms with Gasteiger partial charge in [-0.25, -0.2) is 0 Å². The summed E-state index contributed by atoms with van der Waals surface area (Å²) in [5.74, 6) is -13.5. The molecule has 0 fully saturated rings. The van der Waals surface area contributed by atoms with E-state index >= 15 is 0 Å². The van der Waals surface area contributed by atoms with Gasteiger partial charge < -0.3 is 4.74 Å². The Labute approximate surface area is 121 Å². The van der Waals surface area contributed by atoms with Gasteiger partial charge in [0, 0.05) is 0 Å². The third-order valence-corrected chi connectivity index (χ3v) is 1.88. The molecule has 24 heavy (non-hydrogen) atoms. The fourth-order valence-electron chi connectivity index (χ4n) is 0.805. The van der Waals surface area contributed by atoms with Gasteiger partial charge in [-0.15, -0.1) is 0 Å². The van der Waals surface area contributed by atoms with Crippen LogP contribution >= 0.6 is 0 Å². The van der Waals surface area contributed by atoms with Gasteiger partial charge in [0.15, 0.2) is 0 Å². The van der Waals surface area contributed by atoms with Crippen LogP contribution in [-0.4, -0.2) is 30.2 Å². The lowest BCUT2D eigenvalue weighted by atomic mass is 10.2. The van der Waals surface area contributed by atoms with Crippen molar-refractivity contribution in [2.75, 3.05) is 0 Å². The molecule has 0 amide bonds. The minimum absolute atomic E-state index is 0.665. The molecule has 16 heteroatoms. The molecule has 0 N–H and O–H groups in total. The molecule has 0 saturated heterocycles. The first-order valence-corrected chi connectivity index (χ1v) is 4.75. The van der Waals surface area contributed by atoms with E-state index in [1.165, 1.54) is 0 Å². The summed E-state index contributed by atoms with van der Waals surface area (Å²) in [5.41, 5.74) is 0. The number of halogens is 13. The predicted octanol–water partition coefficient (Wildman–Crippen LogP) is 4.63. The SMILES string of the molecule is N#CC(F)(F)C(F)(F)O[C@@](F)(C(F)(F)F)C(F)(F)OC(F)=C(F)F. The van der Waals surface area contributed by atoms with Crippen LogP contribution in [-0.2, 0) is 9.47 Å². The number of rotatable bonds is 6. The third-order valence-electron chi connectivity index (χ3n) is 1.88. The Hall–Kier alpha value is -1.92. The maximum atomic E-state index is 13.3. The van der Waals surface area contributed by atoms with Crippen LogP contribution in [0.15, 0.2) is 12.1 Å². The molecule has 0 aliphatic rings. The second-order valence-electron chi connectivity index (χ2n) is 3.55. The van der Waals surface area contributed by atoms with Crippen molar-refractivity contribution >= 4 is 0 Å². The van der Waals surface area contributed by atoms with Crippen molar-refractivity contribution in [3.05, 3.63) is 12.1 Å². The standard InChI is InChI=1S/C8F13NO2/c9-2(10)3(11)23-8(20,21)5(14,6(15,16)17)24-7(18,19)4(12,13)1-22/t5-/m0/s1. The first-order chi connectivity index (χ1) is 10.3. The van der Waals surface area contributed by atoms with Crippen molar-refractivity contribution in [1.29, 1.82) is 5.26 Å². The number of nitrogens with zero attached hydrogens (tertiary/aromatic N) is 1. The summed E-state index contributed by atoms with van der Waals surface area (Å²) in [6.45, 7) is 0. The normalized spacial score (nSPS) is 16.2. The Bertz CT molecular complexity index is 543. The van der Waals surface area contributed by atoms with E-state index in [1.54, 1.807) is 4.74 Å². The Kier molecular flexibility index (Phi) is 5.69. The van der Waals surface area contributed by atoms with Gasteiger partial charge in [-0.05, 0) is 0 Å². The number of ether oxygens (including phenoxy) is 2. The second kappa shape index (κ2) is 6.18. The molecule has 0 bridgehead atoms. The molecule has 0 aromatic heterocycles. The van der Waals surface area contributed by atoms with Gasteiger partial charge >= 0.3 is 42.3 Å². The number of nitriles is 1. The van der Waals surface area contributed by atoms with E-state index in [9.17, 15) is 57.1 Å². The molecule has 1 atom stereocenters. The highest BCUT2D eigenvalue weighted by molar-refractivity contribution is 5.01. The average Bonchev–Trinajstić information content (AvgIpc) is 2.35. The Balaban J connectivity index is 6.12. The van der Waals surface area contributed by atoms with E-state index in [0.29, 0.717) is 0 Å². The zero-order valence-electron chi connectivity index (χ0n) is 10.2. The Morgan fingerprint density at radius 3 is 1.46 bits per heavy atom. The van der Waals surface area contributed by atoms with Crippen LogP contribution in [0.25, 0.3) is 0 Å². The zero-order valence-corrected chi connectivity index (χ0v) is 10.2. The summed E-state index contributed by atoms with van der Waals surface area (Å²) in [4.78, 5) is 0. The van der Waals surface area contributed by atoms with Crippen molar-refractivity contribution in [1.82, 2.24) is 0 Å². The van der Waals surface area contributed by atoms with Crippen LogP contribution in [0.5, 0.6) is 0 Å². The van der Waals surface area contributed by atoms with Crippen LogP contribution in [0.2, 0.25) is 0 Å². The molecule has 0 saturated carbocycles. The molecule has 0 aliphatic heterocycles. The summed E-state index contributed by atoms with van der Waals surface area (Å²) in [5, 5.41) is 7.60. The van der Waals surface area contributed by atoms with Crippen molar-refractivity contribution in [2.45, 2.75) is 30.2 Å². The van der Waals surface area contributed by atoms with Crippen LogP contribution in [0.1, 0.15) is 0 Å². The van der Waals surface area contributed by atoms with Crippen LogP contribution in [0.4, 0.5) is 57.1 Å². The van der Waals surface area contributed by atoms with E-state index in [2.05, 4.69) is 0 Å². The smallest absolute Gasteiger partial charge is 0.398 e. The van der Waals surface area contributed by atoms with Gasteiger partial charge in [0.2, 0.25) is 0 Å². The lowest BCUT2D eigenvalue weighted by Crippen LogP contribution is -2.63. The topological polar surface area (TPSA) is 42.2 Å². The quantitative estimate of drug-likeness (QED) is 0.492. The highest BCUT2D eigenvalue weighted by atomic mass is 19.4. The molecule has 140 valence electrons. The monoisotopic (exact) mass is 389 g/mol. The molecule has 0 heterocycles. The lowest BCUT2D eigenvalue weighted by Gasteiger charge is -2.35. The average molecular weight is 389 g/mol. The van der Waals surface area contributed by atoms with Crippen LogP contribution < -0.4 is 0 Å². The first-order valence-electron chi connectivity index (χ1n) is 4.75. The van der Waals surface area contributed by atoms with Gasteiger partial charge in [-0.1, -0.05) is 0 Å². The van der Waals surface area contributed by atoms with Gasteiger partial charge in [0.25, 0.3) is 0 Å². The largest absolute Gasteiger partial charge is 0.471 e. The number of hydrogen-bond donors (Lipinski definition) is 0. The fourth-order valence-corrected chi connectivity index (χ4v) is 0.805. The molecule has 0 unspecified atom stereocenters. The molecule has 0 rings (SSSR count). The fraction of sp³-hybridized carbons (Fsp3) is 0.625. The maximum absolute atomic E-state index is 13.3. The molecule has 0 radical (unpaired) electrons. The molecule has 3 nitrogen and oxygen atoms in total. The molecule has 0 aliphatic carbocycles. The minimum atomic E-state index is -7.33. The van der Waals surface area contributed by atoms with E-state index in [-0.39, 0.29) is 0 Å². The first kappa shape index (κ1) is 22.1. The van der Waals surface area contributed by atoms with Crippen LogP contribution in [0, 0.1) is 11.3 Å². The summed E-state index contributed by atoms with van der Waals surface area (Å²) < 4.78 is 165. The molecule has 0 spiro atoms. The van der Waals surface area contributed by atoms with E-state index in [1.807, 2.05) is 4.74 Å². The molecule has 0 aromatic rings. The van der Waals surface area contributed by atoms with E-state index in [4.69, 9.17) is 5.26 Å². The van der Waals surface area contributed by atoms with Gasteiger partial charge in [0.05, 0.1) is 0 Å². The lowest BCUT2D eigenvalue weighted by molar-refractivity contribution is -0.512. The Morgan fingerprint density at radius 2 is 1.17 bits per heavy atom. The predicted molar refractivity (Wildman–Crippen MR) is 42.9 cm³/mol. The second-order valence-corrected chi connectivity index (χ2v) is 3.55. The summed E-state index contributed by atoms with van der Waals surface area (Å²) in [6.07, 6.45) is -25.1. The highest BCUT2D eigenvalue weighted by Crippen LogP contribution is 2.52. The summed E-state index contributed by atoms with van der Waals surface area (Å²) in [7, 11) is 0. The number of hydrogen-bond acceptors (Lipinski definition) is 3. The van der Waals surface area contributed by atoms with Gasteiger partial charge in [0.1, 0.15) is 6.07 Å². The van der Waals surface area contributed by atoms with Crippen molar-refractivity contribution < 1.29 is 66.5 Å². The van der Waals surface area contributed by atoms with Crippen LogP contribution in [0.3, 0.4) is 0 Å². The zero-order chi connectivity index (χ0) is 19.8. The highest BCUT2D eigenvalue weighted by Gasteiger charge is 2.81. The summed E-state index contributed by atoms with van der Waals surface area (Å²) >= 11 is 0. The van der Waals surface area contributed by atoms with E-state index < -0.39 is 48.3 Å². The minimum Gasteiger partial charge on any atom is -0.398 e. The molecular formula is C8F13NO2. The Morgan fingerprint density at radius 1 is 0.750 bits per heavy atom. The molecular weight excluding hydrogens is 389 g/mol. The van der Waals surface area contributed by atoms with Gasteiger partial charge in [-0.2, -0.15) is 62.3 Å². The maximum Gasteiger partial charge on any atom is 0.471 e. The number of alkyl halides is 10. The summed E-state index contributed by atoms with van der Waals surface area (Å²) in [6, 6.07) is -4.51. The van der Waals surface area contributed by atoms with Crippen molar-refractivity contribution in [3.63, 3.8) is 0 Å². The van der Waals surface area contributed by atoms with Crippen molar-refractivity contribution in [2.24, 2.45) is 0 Å². The van der Waals surface area contributed by atoms with Gasteiger partial charge in [-0.3, -0.25) is 4.74 Å². The van der Waals surface area contributed by atoms with E-state index in [0.717, 1.165) is 0 Å².